The van der Waals surface area contributed by atoms with Crippen molar-refractivity contribution in [1.29, 1.82) is 0 Å². The van der Waals surface area contributed by atoms with Gasteiger partial charge in [-0.1, -0.05) is 109 Å². The van der Waals surface area contributed by atoms with Gasteiger partial charge in [-0.25, -0.2) is 0 Å². The molecule has 0 heterocycles. The molecule has 2 aliphatic carbocycles. The molecule has 2 saturated carbocycles. The molecule has 2 fully saturated rings. The summed E-state index contributed by atoms with van der Waals surface area (Å²) in [4.78, 5) is 0. The smallest absolute Gasteiger partial charge is 0.0248 e. The Bertz CT molecular complexity index is 1710. The molecule has 224 valence electrons. The van der Waals surface area contributed by atoms with Crippen molar-refractivity contribution >= 4 is 27.0 Å². The maximum atomic E-state index is 2.41. The third-order valence-electron chi connectivity index (χ3n) is 8.25. The fraction of sp³-hybridized carbons (Fsp3) is 0.250. The summed E-state index contributed by atoms with van der Waals surface area (Å²) in [6.07, 6.45) is 5.44. The summed E-state index contributed by atoms with van der Waals surface area (Å²) in [7, 11) is 0. The molecule has 8 rings (SSSR count). The summed E-state index contributed by atoms with van der Waals surface area (Å²) in [5, 5.41) is 5.60. The molecule has 0 saturated heterocycles. The van der Waals surface area contributed by atoms with E-state index in [1.807, 2.05) is 0 Å². The van der Waals surface area contributed by atoms with Gasteiger partial charge >= 0.3 is 41.9 Å². The van der Waals surface area contributed by atoms with E-state index in [0.29, 0.717) is 0 Å². The van der Waals surface area contributed by atoms with Crippen molar-refractivity contribution in [1.82, 2.24) is 0 Å². The van der Waals surface area contributed by atoms with Crippen LogP contribution in [0.15, 0.2) is 109 Å². The fourth-order valence-electron chi connectivity index (χ4n) is 6.01. The third kappa shape index (κ3) is 8.52. The van der Waals surface area contributed by atoms with Crippen LogP contribution in [0, 0.1) is 13.8 Å². The van der Waals surface area contributed by atoms with Crippen molar-refractivity contribution in [3.63, 3.8) is 0 Å². The maximum Gasteiger partial charge on any atom is -0.0248 e. The number of rotatable bonds is 4. The monoisotopic (exact) mass is 708 g/mol. The van der Waals surface area contributed by atoms with Gasteiger partial charge in [-0.3, -0.25) is 0 Å². The van der Waals surface area contributed by atoms with Crippen LogP contribution in [0.3, 0.4) is 0 Å². The minimum absolute atomic E-state index is 0. The van der Waals surface area contributed by atoms with Crippen molar-refractivity contribution in [3.8, 4) is 22.3 Å². The molecule has 0 amide bonds. The van der Waals surface area contributed by atoms with Gasteiger partial charge in [0.2, 0.25) is 0 Å². The predicted octanol–water partition coefficient (Wildman–Crippen LogP) is 5.62. The normalized spacial score (nSPS) is 13.6. The van der Waals surface area contributed by atoms with Gasteiger partial charge in [-0.2, -0.15) is 12.1 Å². The topological polar surface area (TPSA) is 0 Å². The van der Waals surface area contributed by atoms with Crippen LogP contribution in [0.4, 0.5) is 0 Å². The third-order valence-corrected chi connectivity index (χ3v) is 8.25. The predicted molar refractivity (Wildman–Crippen MR) is 181 cm³/mol. The van der Waals surface area contributed by atoms with Crippen molar-refractivity contribution in [2.45, 2.75) is 64.5 Å². The van der Waals surface area contributed by atoms with Crippen molar-refractivity contribution in [2.75, 3.05) is 0 Å². The molecule has 0 aliphatic heterocycles. The van der Waals surface area contributed by atoms with E-state index in [1.54, 1.807) is 23.3 Å². The second kappa shape index (κ2) is 15.4. The van der Waals surface area contributed by atoms with Crippen LogP contribution >= 0.6 is 0 Å². The molecule has 0 N–H and O–H groups in total. The van der Waals surface area contributed by atoms with Crippen LogP contribution in [0.1, 0.15) is 59.8 Å². The van der Waals surface area contributed by atoms with Gasteiger partial charge in [-0.05, 0) is 48.6 Å². The Hall–Kier alpha value is -2.22. The average Bonchev–Trinajstić information content (AvgIpc) is 3.91. The minimum atomic E-state index is 0. The summed E-state index contributed by atoms with van der Waals surface area (Å²) in [6, 6.07) is 40.4. The van der Waals surface area contributed by atoms with Crippen LogP contribution in [0.5, 0.6) is 0 Å². The van der Waals surface area contributed by atoms with Gasteiger partial charge in [0.15, 0.2) is 0 Å². The zero-order valence-corrected chi connectivity index (χ0v) is 31.1. The average molecular weight is 711 g/mol. The second-order valence-electron chi connectivity index (χ2n) is 12.5. The van der Waals surface area contributed by atoms with Gasteiger partial charge in [0.25, 0.3) is 0 Å². The largest absolute Gasteiger partial charge is 1.00 e. The number of benzene rings is 4. The van der Waals surface area contributed by atoms with E-state index in [1.165, 1.54) is 91.7 Å². The summed E-state index contributed by atoms with van der Waals surface area (Å²) < 4.78 is 0. The Labute approximate surface area is 291 Å². The molecule has 0 spiro atoms. The first-order valence-electron chi connectivity index (χ1n) is 15.4. The van der Waals surface area contributed by atoms with E-state index < -0.39 is 0 Å². The first-order valence-corrected chi connectivity index (χ1v) is 21.6. The Morgan fingerprint density at radius 2 is 0.909 bits per heavy atom. The fourth-order valence-corrected chi connectivity index (χ4v) is 6.01. The van der Waals surface area contributed by atoms with Crippen LogP contribution < -0.4 is 24.8 Å². The van der Waals surface area contributed by atoms with Gasteiger partial charge < -0.3 is 24.8 Å². The molecule has 4 heteroatoms. The van der Waals surface area contributed by atoms with E-state index in [4.69, 9.17) is 0 Å². The standard InChI is InChI=1S/2C19H17.C2H6Si.2ClH.Zr/c2*1-13-9-17-11-16(14-7-8-14)12-19(18(17)10-13)15-5-3-2-4-6-15;1-3-2;;;/h2*2-6,9-12,14H,7-8H2,1H3;1-2H3;2*1H;/q2*-1;;;;+2/p-2. The number of aryl methyl sites for hydroxylation is 2. The van der Waals surface area contributed by atoms with Crippen molar-refractivity contribution in [3.05, 3.63) is 131 Å². The first kappa shape index (κ1) is 34.6. The van der Waals surface area contributed by atoms with E-state index in [0.717, 1.165) is 11.8 Å². The molecular formula is C40H40Cl2SiZr-2. The molecule has 6 aromatic carbocycles. The Balaban J connectivity index is 0.000000172. The molecule has 6 aromatic rings. The van der Waals surface area contributed by atoms with Crippen molar-refractivity contribution in [2.24, 2.45) is 0 Å². The van der Waals surface area contributed by atoms with Crippen LogP contribution in [-0.4, -0.2) is 5.43 Å². The minimum Gasteiger partial charge on any atom is -1.00 e. The van der Waals surface area contributed by atoms with Gasteiger partial charge in [0.05, 0.1) is 0 Å². The quantitative estimate of drug-likeness (QED) is 0.165. The Morgan fingerprint density at radius 3 is 1.23 bits per heavy atom. The summed E-state index contributed by atoms with van der Waals surface area (Å²) in [5.74, 6) is 1.61. The van der Waals surface area contributed by atoms with Gasteiger partial charge in [0.1, 0.15) is 0 Å². The number of fused-ring (bicyclic) bond motifs is 2. The van der Waals surface area contributed by atoms with Crippen molar-refractivity contribution < 1.29 is 48.1 Å². The van der Waals surface area contributed by atoms with E-state index in [2.05, 4.69) is 136 Å². The van der Waals surface area contributed by atoms with Crippen LogP contribution in [0.2, 0.25) is 13.1 Å². The number of hydrogen-bond donors (Lipinski definition) is 0. The summed E-state index contributed by atoms with van der Waals surface area (Å²) in [6.45, 7) is 8.99. The Morgan fingerprint density at radius 1 is 0.568 bits per heavy atom. The Kier molecular flexibility index (Phi) is 12.1. The SMILES string of the molecule is C[Si](C)=[Zr+2].Cc1cc2c(-c3ccccc3)cc(C3CC3)cc2[cH-]1.Cc1cc2c(-c3ccccc3)cc(C3CC3)cc2[cH-]1.[Cl-].[Cl-]. The molecule has 0 atom stereocenters. The van der Waals surface area contributed by atoms with E-state index in [-0.39, 0.29) is 30.2 Å². The molecule has 0 unspecified atom stereocenters. The van der Waals surface area contributed by atoms with Crippen LogP contribution in [-0.2, 0) is 23.3 Å². The van der Waals surface area contributed by atoms with E-state index in [9.17, 15) is 0 Å². The molecule has 0 aromatic heterocycles. The molecule has 44 heavy (non-hydrogen) atoms. The molecule has 0 bridgehead atoms. The number of hydrogen-bond acceptors (Lipinski definition) is 0. The molecule has 2 aliphatic rings. The van der Waals surface area contributed by atoms with Gasteiger partial charge in [0, 0.05) is 0 Å². The van der Waals surface area contributed by atoms with Crippen LogP contribution in [0.25, 0.3) is 43.8 Å². The van der Waals surface area contributed by atoms with E-state index >= 15 is 0 Å². The molecule has 0 nitrogen and oxygen atoms in total. The molecular weight excluding hydrogens is 671 g/mol. The molecule has 0 radical (unpaired) electrons. The number of halogens is 2. The second-order valence-corrected chi connectivity index (χ2v) is 21.9. The summed E-state index contributed by atoms with van der Waals surface area (Å²) in [5.41, 5.74) is 11.4. The first-order chi connectivity index (χ1) is 20.4. The summed E-state index contributed by atoms with van der Waals surface area (Å²) >= 11 is 1.74. The van der Waals surface area contributed by atoms with Gasteiger partial charge in [-0.15, -0.1) is 56.9 Å². The maximum absolute atomic E-state index is 2.41. The zero-order chi connectivity index (χ0) is 29.2. The zero-order valence-electron chi connectivity index (χ0n) is 26.1.